The normalized spacial score (nSPS) is 17.3. The molecule has 0 unspecified atom stereocenters. The largest absolute Gasteiger partial charge is 0.345 e. The van der Waals surface area contributed by atoms with Crippen molar-refractivity contribution in [1.82, 2.24) is 9.97 Å². The van der Waals surface area contributed by atoms with Gasteiger partial charge in [0.1, 0.15) is 12.1 Å². The molecule has 1 fully saturated rings. The van der Waals surface area contributed by atoms with Crippen molar-refractivity contribution in [2.24, 2.45) is 0 Å². The molecule has 1 N–H and O–H groups in total. The molecule has 1 aromatic carbocycles. The Bertz CT molecular complexity index is 564. The van der Waals surface area contributed by atoms with Gasteiger partial charge in [0.25, 0.3) is 0 Å². The fraction of sp³-hybridized carbons (Fsp3) is 0.385. The van der Waals surface area contributed by atoms with Gasteiger partial charge in [-0.1, -0.05) is 15.9 Å². The van der Waals surface area contributed by atoms with Gasteiger partial charge in [0.15, 0.2) is 0 Å². The Morgan fingerprint density at radius 1 is 1.22 bits per heavy atom. The van der Waals surface area contributed by atoms with Gasteiger partial charge < -0.3 is 9.80 Å². The SMILES string of the molecule is C[NH+]1CCN(c2ncnc3ccc(Br)cc23)CC1. The highest BCUT2D eigenvalue weighted by Crippen LogP contribution is 2.25. The molecule has 0 bridgehead atoms. The number of halogens is 1. The van der Waals surface area contributed by atoms with Crippen LogP contribution >= 0.6 is 15.9 Å². The van der Waals surface area contributed by atoms with E-state index in [9.17, 15) is 0 Å². The number of nitrogens with one attached hydrogen (secondary N) is 1. The third-order valence-corrected chi connectivity index (χ3v) is 3.99. The number of likely N-dealkylation sites (N-methyl/N-ethyl adjacent to an activating group) is 1. The molecule has 4 nitrogen and oxygen atoms in total. The first-order chi connectivity index (χ1) is 8.74. The van der Waals surface area contributed by atoms with E-state index in [1.54, 1.807) is 11.2 Å². The van der Waals surface area contributed by atoms with Crippen molar-refractivity contribution < 1.29 is 4.90 Å². The molecule has 0 amide bonds. The van der Waals surface area contributed by atoms with Crippen molar-refractivity contribution in [2.75, 3.05) is 38.1 Å². The number of hydrogen-bond donors (Lipinski definition) is 1. The zero-order chi connectivity index (χ0) is 12.5. The van der Waals surface area contributed by atoms with E-state index in [1.807, 2.05) is 12.1 Å². The van der Waals surface area contributed by atoms with E-state index < -0.39 is 0 Å². The van der Waals surface area contributed by atoms with Crippen LogP contribution in [0.15, 0.2) is 29.0 Å². The first-order valence-corrected chi connectivity index (χ1v) is 7.00. The highest BCUT2D eigenvalue weighted by atomic mass is 79.9. The van der Waals surface area contributed by atoms with Crippen molar-refractivity contribution in [3.63, 3.8) is 0 Å². The highest BCUT2D eigenvalue weighted by molar-refractivity contribution is 9.10. The van der Waals surface area contributed by atoms with Gasteiger partial charge in [-0.05, 0) is 18.2 Å². The van der Waals surface area contributed by atoms with E-state index in [0.717, 1.165) is 34.3 Å². The summed E-state index contributed by atoms with van der Waals surface area (Å²) in [6, 6.07) is 6.16. The van der Waals surface area contributed by atoms with Gasteiger partial charge in [-0.25, -0.2) is 9.97 Å². The fourth-order valence-corrected chi connectivity index (χ4v) is 2.73. The van der Waals surface area contributed by atoms with E-state index >= 15 is 0 Å². The second-order valence-corrected chi connectivity index (χ2v) is 5.72. The van der Waals surface area contributed by atoms with E-state index in [0.29, 0.717) is 0 Å². The van der Waals surface area contributed by atoms with Gasteiger partial charge in [-0.2, -0.15) is 0 Å². The number of rotatable bonds is 1. The maximum absolute atomic E-state index is 4.48. The number of nitrogens with zero attached hydrogens (tertiary/aromatic N) is 3. The predicted octanol–water partition coefficient (Wildman–Crippen LogP) is 0.727. The third kappa shape index (κ3) is 2.20. The number of piperazine rings is 1. The minimum absolute atomic E-state index is 1.01. The monoisotopic (exact) mass is 307 g/mol. The van der Waals surface area contributed by atoms with Gasteiger partial charge in [0.05, 0.1) is 38.7 Å². The quantitative estimate of drug-likeness (QED) is 0.843. The van der Waals surface area contributed by atoms with Crippen molar-refractivity contribution in [3.05, 3.63) is 29.0 Å². The first kappa shape index (κ1) is 11.9. The summed E-state index contributed by atoms with van der Waals surface area (Å²) in [5, 5.41) is 1.13. The molecule has 1 saturated heterocycles. The van der Waals surface area contributed by atoms with Crippen LogP contribution in [-0.4, -0.2) is 43.2 Å². The molecule has 94 valence electrons. The Kier molecular flexibility index (Phi) is 3.18. The molecule has 2 aromatic rings. The molecule has 1 aliphatic heterocycles. The number of benzene rings is 1. The minimum atomic E-state index is 1.01. The van der Waals surface area contributed by atoms with Crippen LogP contribution in [0.1, 0.15) is 0 Å². The molecule has 0 spiro atoms. The molecule has 1 aliphatic rings. The minimum Gasteiger partial charge on any atom is -0.345 e. The Morgan fingerprint density at radius 3 is 2.78 bits per heavy atom. The van der Waals surface area contributed by atoms with E-state index in [2.05, 4.69) is 43.9 Å². The van der Waals surface area contributed by atoms with Gasteiger partial charge in [0, 0.05) is 9.86 Å². The number of fused-ring (bicyclic) bond motifs is 1. The van der Waals surface area contributed by atoms with Crippen molar-refractivity contribution >= 4 is 32.7 Å². The van der Waals surface area contributed by atoms with Gasteiger partial charge in [-0.15, -0.1) is 0 Å². The van der Waals surface area contributed by atoms with Crippen molar-refractivity contribution in [3.8, 4) is 0 Å². The van der Waals surface area contributed by atoms with Gasteiger partial charge in [0.2, 0.25) is 0 Å². The smallest absolute Gasteiger partial charge is 0.140 e. The average molecular weight is 308 g/mol. The summed E-state index contributed by atoms with van der Waals surface area (Å²) in [7, 11) is 2.24. The molecule has 3 rings (SSSR count). The average Bonchev–Trinajstić information content (AvgIpc) is 2.39. The molecule has 18 heavy (non-hydrogen) atoms. The summed E-state index contributed by atoms with van der Waals surface area (Å²) in [6.07, 6.45) is 1.66. The summed E-state index contributed by atoms with van der Waals surface area (Å²) in [5.74, 6) is 1.06. The summed E-state index contributed by atoms with van der Waals surface area (Å²) >= 11 is 3.52. The van der Waals surface area contributed by atoms with E-state index in [-0.39, 0.29) is 0 Å². The standard InChI is InChI=1S/C13H15BrN4/c1-17-4-6-18(7-5-17)13-11-8-10(14)2-3-12(11)15-9-16-13/h2-3,8-9H,4-7H2,1H3/p+1. The predicted molar refractivity (Wildman–Crippen MR) is 76.1 cm³/mol. The molecule has 0 atom stereocenters. The summed E-state index contributed by atoms with van der Waals surface area (Å²) < 4.78 is 1.07. The number of anilines is 1. The maximum atomic E-state index is 4.48. The topological polar surface area (TPSA) is 33.5 Å². The lowest BCUT2D eigenvalue weighted by Crippen LogP contribution is -3.12. The van der Waals surface area contributed by atoms with Gasteiger partial charge in [-0.3, -0.25) is 0 Å². The molecule has 0 aliphatic carbocycles. The van der Waals surface area contributed by atoms with Crippen LogP contribution < -0.4 is 9.80 Å². The van der Waals surface area contributed by atoms with Crippen LogP contribution in [0.2, 0.25) is 0 Å². The lowest BCUT2D eigenvalue weighted by molar-refractivity contribution is -0.880. The summed E-state index contributed by atoms with van der Waals surface area (Å²) in [6.45, 7) is 4.45. The molecular formula is C13H16BrN4+. The molecular weight excluding hydrogens is 292 g/mol. The van der Waals surface area contributed by atoms with Crippen molar-refractivity contribution in [2.45, 2.75) is 0 Å². The second-order valence-electron chi connectivity index (χ2n) is 4.80. The van der Waals surface area contributed by atoms with Crippen LogP contribution in [-0.2, 0) is 0 Å². The number of aromatic nitrogens is 2. The fourth-order valence-electron chi connectivity index (χ4n) is 2.37. The van der Waals surface area contributed by atoms with Crippen LogP contribution in [0, 0.1) is 0 Å². The Morgan fingerprint density at radius 2 is 2.00 bits per heavy atom. The third-order valence-electron chi connectivity index (χ3n) is 3.49. The summed E-state index contributed by atoms with van der Waals surface area (Å²) in [5.41, 5.74) is 1.01. The van der Waals surface area contributed by atoms with Crippen LogP contribution in [0.5, 0.6) is 0 Å². The highest BCUT2D eigenvalue weighted by Gasteiger charge is 2.19. The van der Waals surface area contributed by atoms with Crippen molar-refractivity contribution in [1.29, 1.82) is 0 Å². The van der Waals surface area contributed by atoms with Crippen LogP contribution in [0.3, 0.4) is 0 Å². The Labute approximate surface area is 115 Å². The van der Waals surface area contributed by atoms with Crippen LogP contribution in [0.25, 0.3) is 10.9 Å². The molecule has 2 heterocycles. The number of quaternary nitrogens is 1. The Hall–Kier alpha value is -1.20. The van der Waals surface area contributed by atoms with Gasteiger partial charge >= 0.3 is 0 Å². The van der Waals surface area contributed by atoms with E-state index in [4.69, 9.17) is 0 Å². The zero-order valence-corrected chi connectivity index (χ0v) is 11.9. The molecule has 1 aromatic heterocycles. The zero-order valence-electron chi connectivity index (χ0n) is 10.4. The second kappa shape index (κ2) is 4.82. The first-order valence-electron chi connectivity index (χ1n) is 6.20. The van der Waals surface area contributed by atoms with E-state index in [1.165, 1.54) is 13.1 Å². The molecule has 0 radical (unpaired) electrons. The van der Waals surface area contributed by atoms with Crippen LogP contribution in [0.4, 0.5) is 5.82 Å². The molecule has 5 heteroatoms. The summed E-state index contributed by atoms with van der Waals surface area (Å²) in [4.78, 5) is 12.8. The lowest BCUT2D eigenvalue weighted by Gasteiger charge is -2.31. The maximum Gasteiger partial charge on any atom is 0.140 e. The number of hydrogen-bond acceptors (Lipinski definition) is 3. The Balaban J connectivity index is 2.03. The lowest BCUT2D eigenvalue weighted by atomic mass is 10.2. The molecule has 0 saturated carbocycles.